The molecule has 1 atom stereocenters. The highest BCUT2D eigenvalue weighted by molar-refractivity contribution is 5.95. The zero-order valence-corrected chi connectivity index (χ0v) is 17.6. The second-order valence-electron chi connectivity index (χ2n) is 7.39. The molecule has 1 N–H and O–H groups in total. The van der Waals surface area contributed by atoms with E-state index < -0.39 is 11.7 Å². The minimum atomic E-state index is -4.47. The summed E-state index contributed by atoms with van der Waals surface area (Å²) in [6.07, 6.45) is -2.32. The quantitative estimate of drug-likeness (QED) is 0.603. The lowest BCUT2D eigenvalue weighted by Gasteiger charge is -2.16. The molecule has 2 aromatic heterocycles. The first kappa shape index (κ1) is 22.3. The molecule has 9 heteroatoms. The van der Waals surface area contributed by atoms with E-state index >= 15 is 0 Å². The van der Waals surface area contributed by atoms with Gasteiger partial charge >= 0.3 is 6.18 Å². The highest BCUT2D eigenvalue weighted by atomic mass is 19.4. The van der Waals surface area contributed by atoms with Crippen LogP contribution in [0.25, 0.3) is 5.82 Å². The average Bonchev–Trinajstić information content (AvgIpc) is 3.08. The number of aromatic nitrogens is 3. The smallest absolute Gasteiger partial charge is 0.417 e. The third-order valence-electron chi connectivity index (χ3n) is 4.62. The van der Waals surface area contributed by atoms with Crippen molar-refractivity contribution in [3.05, 3.63) is 71.2 Å². The molecule has 0 saturated carbocycles. The number of nitrogens with one attached hydrogen (secondary N) is 1. The van der Waals surface area contributed by atoms with Gasteiger partial charge in [-0.2, -0.15) is 18.3 Å². The van der Waals surface area contributed by atoms with E-state index in [9.17, 15) is 18.0 Å². The molecule has 1 amide bonds. The van der Waals surface area contributed by atoms with Crippen LogP contribution in [0.5, 0.6) is 5.75 Å². The number of pyridine rings is 1. The number of hydrogen-bond donors (Lipinski definition) is 1. The zero-order valence-electron chi connectivity index (χ0n) is 17.6. The maximum Gasteiger partial charge on any atom is 0.417 e. The van der Waals surface area contributed by atoms with Crippen LogP contribution in [0, 0.1) is 6.92 Å². The van der Waals surface area contributed by atoms with E-state index in [1.807, 2.05) is 45.0 Å². The van der Waals surface area contributed by atoms with E-state index in [4.69, 9.17) is 4.74 Å². The average molecular weight is 432 g/mol. The molecular weight excluding hydrogens is 409 g/mol. The Morgan fingerprint density at radius 2 is 1.87 bits per heavy atom. The van der Waals surface area contributed by atoms with Crippen molar-refractivity contribution in [3.63, 3.8) is 0 Å². The monoisotopic (exact) mass is 432 g/mol. The molecule has 0 bridgehead atoms. The Bertz CT molecular complexity index is 1060. The maximum atomic E-state index is 12.8. The molecule has 0 aliphatic heterocycles. The Morgan fingerprint density at radius 1 is 1.13 bits per heavy atom. The van der Waals surface area contributed by atoms with Gasteiger partial charge in [0.2, 0.25) is 0 Å². The van der Waals surface area contributed by atoms with Gasteiger partial charge in [0.05, 0.1) is 35.2 Å². The minimum absolute atomic E-state index is 0.0347. The predicted molar refractivity (Wildman–Crippen MR) is 109 cm³/mol. The Kier molecular flexibility index (Phi) is 6.33. The van der Waals surface area contributed by atoms with Crippen LogP contribution < -0.4 is 10.1 Å². The van der Waals surface area contributed by atoms with E-state index in [0.29, 0.717) is 17.0 Å². The van der Waals surface area contributed by atoms with Crippen LogP contribution in [0.1, 0.15) is 54.0 Å². The lowest BCUT2D eigenvalue weighted by atomic mass is 10.1. The second-order valence-corrected chi connectivity index (χ2v) is 7.39. The fourth-order valence-corrected chi connectivity index (χ4v) is 3.03. The maximum absolute atomic E-state index is 12.8. The van der Waals surface area contributed by atoms with Crippen LogP contribution in [-0.2, 0) is 6.18 Å². The number of carbonyl (C=O) groups is 1. The SMILES string of the molecule is Cc1c(C(=O)NC(C)c2cccc(OC(C)C)c2)cnn1-c1ccc(C(F)(F)F)cn1. The van der Waals surface area contributed by atoms with Crippen LogP contribution >= 0.6 is 0 Å². The Labute approximate surface area is 178 Å². The third-order valence-corrected chi connectivity index (χ3v) is 4.62. The van der Waals surface area contributed by atoms with E-state index in [-0.39, 0.29) is 23.9 Å². The molecule has 0 aliphatic carbocycles. The normalized spacial score (nSPS) is 12.6. The van der Waals surface area contributed by atoms with Crippen LogP contribution in [-0.4, -0.2) is 26.8 Å². The molecule has 3 aromatic rings. The van der Waals surface area contributed by atoms with E-state index in [2.05, 4.69) is 15.4 Å². The van der Waals surface area contributed by atoms with E-state index in [0.717, 1.165) is 17.8 Å². The molecule has 164 valence electrons. The van der Waals surface area contributed by atoms with Gasteiger partial charge in [-0.1, -0.05) is 12.1 Å². The minimum Gasteiger partial charge on any atom is -0.491 e. The summed E-state index contributed by atoms with van der Waals surface area (Å²) in [5.74, 6) is 0.556. The molecule has 0 spiro atoms. The summed E-state index contributed by atoms with van der Waals surface area (Å²) in [6, 6.07) is 9.31. The number of alkyl halides is 3. The molecule has 0 aliphatic rings. The van der Waals surface area contributed by atoms with Crippen molar-refractivity contribution in [2.45, 2.75) is 46.0 Å². The fourth-order valence-electron chi connectivity index (χ4n) is 3.03. The molecule has 6 nitrogen and oxygen atoms in total. The van der Waals surface area contributed by atoms with Crippen LogP contribution in [0.4, 0.5) is 13.2 Å². The van der Waals surface area contributed by atoms with E-state index in [1.54, 1.807) is 6.92 Å². The fraction of sp³-hybridized carbons (Fsp3) is 0.318. The molecule has 1 aromatic carbocycles. The number of rotatable bonds is 6. The summed E-state index contributed by atoms with van der Waals surface area (Å²) < 4.78 is 45.2. The molecule has 3 rings (SSSR count). The van der Waals surface area contributed by atoms with Crippen molar-refractivity contribution in [1.29, 1.82) is 0 Å². The Hall–Kier alpha value is -3.36. The van der Waals surface area contributed by atoms with Gasteiger partial charge in [0, 0.05) is 6.20 Å². The Morgan fingerprint density at radius 3 is 2.48 bits per heavy atom. The van der Waals surface area contributed by atoms with Crippen molar-refractivity contribution in [2.24, 2.45) is 0 Å². The van der Waals surface area contributed by atoms with E-state index in [1.165, 1.54) is 16.9 Å². The van der Waals surface area contributed by atoms with Crippen molar-refractivity contribution in [1.82, 2.24) is 20.1 Å². The van der Waals surface area contributed by atoms with Crippen molar-refractivity contribution >= 4 is 5.91 Å². The summed E-state index contributed by atoms with van der Waals surface area (Å²) >= 11 is 0. The molecule has 31 heavy (non-hydrogen) atoms. The van der Waals surface area contributed by atoms with Gasteiger partial charge in [0.25, 0.3) is 5.91 Å². The lowest BCUT2D eigenvalue weighted by Crippen LogP contribution is -2.27. The number of nitrogens with zero attached hydrogens (tertiary/aromatic N) is 3. The number of amides is 1. The second kappa shape index (κ2) is 8.79. The van der Waals surface area contributed by atoms with Crippen LogP contribution in [0.2, 0.25) is 0 Å². The van der Waals surface area contributed by atoms with Gasteiger partial charge in [0.1, 0.15) is 5.75 Å². The number of hydrogen-bond acceptors (Lipinski definition) is 4. The number of ether oxygens (including phenoxy) is 1. The van der Waals surface area contributed by atoms with Gasteiger partial charge in [-0.15, -0.1) is 0 Å². The van der Waals surface area contributed by atoms with Crippen molar-refractivity contribution in [3.8, 4) is 11.6 Å². The molecular formula is C22H23F3N4O2. The first-order valence-electron chi connectivity index (χ1n) is 9.72. The van der Waals surface area contributed by atoms with Gasteiger partial charge in [0.15, 0.2) is 5.82 Å². The molecule has 0 radical (unpaired) electrons. The first-order chi connectivity index (χ1) is 14.6. The molecule has 0 fully saturated rings. The summed E-state index contributed by atoms with van der Waals surface area (Å²) in [7, 11) is 0. The standard InChI is InChI=1S/C22H23F3N4O2/c1-13(2)31-18-7-5-6-16(10-18)14(3)28-21(30)19-12-27-29(15(19)4)20-9-8-17(11-26-20)22(23,24)25/h5-14H,1-4H3,(H,28,30). The summed E-state index contributed by atoms with van der Waals surface area (Å²) in [6.45, 7) is 7.38. The largest absolute Gasteiger partial charge is 0.491 e. The number of carbonyl (C=O) groups excluding carboxylic acids is 1. The predicted octanol–water partition coefficient (Wildman–Crippen LogP) is 4.87. The van der Waals surface area contributed by atoms with Crippen molar-refractivity contribution in [2.75, 3.05) is 0 Å². The third kappa shape index (κ3) is 5.22. The molecule has 0 saturated heterocycles. The van der Waals surface area contributed by atoms with Crippen LogP contribution in [0.15, 0.2) is 48.8 Å². The zero-order chi connectivity index (χ0) is 22.8. The molecule has 2 heterocycles. The highest BCUT2D eigenvalue weighted by Gasteiger charge is 2.31. The summed E-state index contributed by atoms with van der Waals surface area (Å²) in [4.78, 5) is 16.6. The highest BCUT2D eigenvalue weighted by Crippen LogP contribution is 2.29. The van der Waals surface area contributed by atoms with Crippen molar-refractivity contribution < 1.29 is 22.7 Å². The number of benzene rings is 1. The van der Waals surface area contributed by atoms with Gasteiger partial charge in [-0.25, -0.2) is 9.67 Å². The van der Waals surface area contributed by atoms with Gasteiger partial charge in [-0.3, -0.25) is 4.79 Å². The van der Waals surface area contributed by atoms with Crippen LogP contribution in [0.3, 0.4) is 0 Å². The van der Waals surface area contributed by atoms with Gasteiger partial charge < -0.3 is 10.1 Å². The number of halogens is 3. The topological polar surface area (TPSA) is 69.0 Å². The first-order valence-corrected chi connectivity index (χ1v) is 9.72. The summed E-state index contributed by atoms with van der Waals surface area (Å²) in [5, 5.41) is 7.03. The summed E-state index contributed by atoms with van der Waals surface area (Å²) in [5.41, 5.74) is 0.800. The molecule has 1 unspecified atom stereocenters. The van der Waals surface area contributed by atoms with Gasteiger partial charge in [-0.05, 0) is 57.5 Å². The lowest BCUT2D eigenvalue weighted by molar-refractivity contribution is -0.137. The Balaban J connectivity index is 1.75.